The van der Waals surface area contributed by atoms with Crippen molar-refractivity contribution in [1.82, 2.24) is 24.5 Å². The third-order valence-electron chi connectivity index (χ3n) is 5.10. The molecule has 0 saturated heterocycles. The van der Waals surface area contributed by atoms with Gasteiger partial charge in [0.25, 0.3) is 0 Å². The van der Waals surface area contributed by atoms with Gasteiger partial charge in [-0.3, -0.25) is 4.57 Å². The van der Waals surface area contributed by atoms with Crippen molar-refractivity contribution in [2.75, 3.05) is 12.4 Å². The Bertz CT molecular complexity index is 1430. The van der Waals surface area contributed by atoms with Gasteiger partial charge in [-0.05, 0) is 35.2 Å². The number of hydrogen-bond donors (Lipinski definition) is 1. The maximum atomic E-state index is 13.1. The van der Waals surface area contributed by atoms with Crippen molar-refractivity contribution in [2.45, 2.75) is 12.7 Å². The van der Waals surface area contributed by atoms with E-state index in [1.807, 2.05) is 21.4 Å². The van der Waals surface area contributed by atoms with Crippen LogP contribution in [-0.4, -0.2) is 31.6 Å². The molecule has 1 N–H and O–H groups in total. The molecule has 1 aromatic carbocycles. The predicted octanol–water partition coefficient (Wildman–Crippen LogP) is 5.58. The maximum absolute atomic E-state index is 13.1. The topological polar surface area (TPSA) is 77.8 Å². The highest BCUT2D eigenvalue weighted by Crippen LogP contribution is 2.30. The van der Waals surface area contributed by atoms with E-state index in [2.05, 4.69) is 20.3 Å². The number of hydrogen-bond acceptors (Lipinski definition) is 7. The summed E-state index contributed by atoms with van der Waals surface area (Å²) < 4.78 is 46.3. The van der Waals surface area contributed by atoms with Gasteiger partial charge in [-0.2, -0.15) is 24.5 Å². The fourth-order valence-electron chi connectivity index (χ4n) is 3.41. The van der Waals surface area contributed by atoms with Crippen molar-refractivity contribution in [1.29, 1.82) is 0 Å². The highest BCUT2D eigenvalue weighted by molar-refractivity contribution is 7.08. The number of fused-ring (bicyclic) bond motifs is 1. The van der Waals surface area contributed by atoms with Gasteiger partial charge in [-0.15, -0.1) is 0 Å². The Morgan fingerprint density at radius 2 is 1.97 bits per heavy atom. The van der Waals surface area contributed by atoms with Crippen LogP contribution in [0.1, 0.15) is 11.1 Å². The molecule has 0 atom stereocenters. The molecule has 7 nitrogen and oxygen atoms in total. The molecule has 0 saturated carbocycles. The fourth-order valence-corrected chi connectivity index (χ4v) is 4.04. The summed E-state index contributed by atoms with van der Waals surface area (Å²) in [7, 11) is 1.53. The first-order valence-electron chi connectivity index (χ1n) is 10.1. The number of halogens is 3. The normalized spacial score (nSPS) is 11.6. The smallest absolute Gasteiger partial charge is 0.416 e. The van der Waals surface area contributed by atoms with Crippen LogP contribution in [0, 0.1) is 0 Å². The number of nitrogens with zero attached hydrogens (tertiary/aromatic N) is 5. The molecule has 172 valence electrons. The number of methoxy groups -OCH3 is 1. The van der Waals surface area contributed by atoms with E-state index in [1.54, 1.807) is 42.1 Å². The van der Waals surface area contributed by atoms with Crippen LogP contribution in [-0.2, 0) is 12.7 Å². The van der Waals surface area contributed by atoms with Crippen LogP contribution in [0.2, 0.25) is 0 Å². The van der Waals surface area contributed by atoms with Crippen molar-refractivity contribution in [2.24, 2.45) is 0 Å². The number of benzene rings is 1. The first-order valence-corrected chi connectivity index (χ1v) is 11.0. The molecule has 4 heterocycles. The zero-order valence-corrected chi connectivity index (χ0v) is 18.6. The molecule has 5 rings (SSSR count). The van der Waals surface area contributed by atoms with Gasteiger partial charge < -0.3 is 10.1 Å². The molecule has 5 aromatic rings. The van der Waals surface area contributed by atoms with Crippen LogP contribution >= 0.6 is 11.3 Å². The van der Waals surface area contributed by atoms with Crippen molar-refractivity contribution in [3.05, 3.63) is 76.9 Å². The van der Waals surface area contributed by atoms with E-state index in [9.17, 15) is 13.2 Å². The summed E-state index contributed by atoms with van der Waals surface area (Å²) in [5, 5.41) is 7.05. The average molecular weight is 482 g/mol. The Balaban J connectivity index is 1.56. The molecule has 0 fully saturated rings. The predicted molar refractivity (Wildman–Crippen MR) is 123 cm³/mol. The molecule has 0 radical (unpaired) electrons. The van der Waals surface area contributed by atoms with Gasteiger partial charge in [-0.25, -0.2) is 19.9 Å². The van der Waals surface area contributed by atoms with Gasteiger partial charge in [0.2, 0.25) is 5.88 Å². The number of pyridine rings is 1. The minimum absolute atomic E-state index is 0.127. The van der Waals surface area contributed by atoms with Crippen LogP contribution in [0.3, 0.4) is 0 Å². The van der Waals surface area contributed by atoms with E-state index in [-0.39, 0.29) is 6.54 Å². The summed E-state index contributed by atoms with van der Waals surface area (Å²) in [5.74, 6) is 1.25. The van der Waals surface area contributed by atoms with Crippen LogP contribution in [0.25, 0.3) is 28.2 Å². The van der Waals surface area contributed by atoms with E-state index in [0.717, 1.165) is 17.8 Å². The number of ether oxygens (including phenoxy) is 1. The molecule has 0 aliphatic carbocycles. The molecule has 0 aliphatic rings. The summed E-state index contributed by atoms with van der Waals surface area (Å²) in [5.41, 5.74) is 2.38. The van der Waals surface area contributed by atoms with Gasteiger partial charge in [0, 0.05) is 29.8 Å². The third-order valence-corrected chi connectivity index (χ3v) is 5.77. The Morgan fingerprint density at radius 1 is 1.09 bits per heavy atom. The minimum atomic E-state index is -4.41. The Labute approximate surface area is 195 Å². The zero-order chi connectivity index (χ0) is 23.7. The van der Waals surface area contributed by atoms with Gasteiger partial charge in [0.05, 0.1) is 18.4 Å². The number of aromatic nitrogens is 5. The van der Waals surface area contributed by atoms with Gasteiger partial charge >= 0.3 is 6.18 Å². The summed E-state index contributed by atoms with van der Waals surface area (Å²) in [6.45, 7) is 0.127. The Hall–Kier alpha value is -3.99. The molecule has 34 heavy (non-hydrogen) atoms. The quantitative estimate of drug-likeness (QED) is 0.341. The number of anilines is 1. The largest absolute Gasteiger partial charge is 0.481 e. The second-order valence-electron chi connectivity index (χ2n) is 7.31. The lowest BCUT2D eigenvalue weighted by Gasteiger charge is -2.11. The van der Waals surface area contributed by atoms with Crippen molar-refractivity contribution in [3.63, 3.8) is 0 Å². The van der Waals surface area contributed by atoms with Gasteiger partial charge in [0.15, 0.2) is 22.8 Å². The van der Waals surface area contributed by atoms with Crippen LogP contribution in [0.15, 0.2) is 65.7 Å². The summed E-state index contributed by atoms with van der Waals surface area (Å²) in [4.78, 5) is 18.0. The van der Waals surface area contributed by atoms with Gasteiger partial charge in [0.1, 0.15) is 6.33 Å². The molecule has 0 bridgehead atoms. The van der Waals surface area contributed by atoms with E-state index in [4.69, 9.17) is 9.72 Å². The third kappa shape index (κ3) is 4.29. The Kier molecular flexibility index (Phi) is 5.62. The van der Waals surface area contributed by atoms with Crippen LogP contribution < -0.4 is 10.1 Å². The van der Waals surface area contributed by atoms with Crippen LogP contribution in [0.4, 0.5) is 19.0 Å². The zero-order valence-electron chi connectivity index (χ0n) is 17.7. The van der Waals surface area contributed by atoms with E-state index >= 15 is 0 Å². The van der Waals surface area contributed by atoms with E-state index < -0.39 is 11.7 Å². The number of thiophene rings is 1. The lowest BCUT2D eigenvalue weighted by molar-refractivity contribution is -0.137. The Morgan fingerprint density at radius 3 is 2.68 bits per heavy atom. The molecular weight excluding hydrogens is 465 g/mol. The first-order chi connectivity index (χ1) is 16.4. The second kappa shape index (κ2) is 8.75. The first kappa shape index (κ1) is 21.8. The molecule has 0 aliphatic heterocycles. The maximum Gasteiger partial charge on any atom is 0.416 e. The average Bonchev–Trinajstić information content (AvgIpc) is 3.52. The lowest BCUT2D eigenvalue weighted by atomic mass is 10.1. The highest BCUT2D eigenvalue weighted by atomic mass is 32.1. The summed E-state index contributed by atoms with van der Waals surface area (Å²) in [6, 6.07) is 10.6. The lowest BCUT2D eigenvalue weighted by Crippen LogP contribution is -2.08. The SMILES string of the molecule is COc1ccc(-c2nc(NCc3cccc(C(F)(F)F)c3)c3ncn(-c4ccsc4)c3n2)cn1. The summed E-state index contributed by atoms with van der Waals surface area (Å²) >= 11 is 1.54. The standard InChI is InChI=1S/C23H17F3N6OS/c1-33-18-6-5-15(11-27-18)20-30-21(28-10-14-3-2-4-16(9-14)23(24,25)26)19-22(31-20)32(13-29-19)17-7-8-34-12-17/h2-9,11-13H,10H2,1H3,(H,28,30,31). The molecule has 11 heteroatoms. The molecule has 0 amide bonds. The molecule has 0 spiro atoms. The molecular formula is C23H17F3N6OS. The number of rotatable bonds is 6. The highest BCUT2D eigenvalue weighted by Gasteiger charge is 2.30. The number of imidazole rings is 1. The van der Waals surface area contributed by atoms with Gasteiger partial charge in [-0.1, -0.05) is 12.1 Å². The molecule has 4 aromatic heterocycles. The second-order valence-corrected chi connectivity index (χ2v) is 8.09. The number of nitrogens with one attached hydrogen (secondary N) is 1. The summed E-state index contributed by atoms with van der Waals surface area (Å²) in [6.07, 6.45) is -1.17. The van der Waals surface area contributed by atoms with Crippen molar-refractivity contribution < 1.29 is 17.9 Å². The van der Waals surface area contributed by atoms with Crippen molar-refractivity contribution >= 4 is 28.3 Å². The van der Waals surface area contributed by atoms with E-state index in [0.29, 0.717) is 39.8 Å². The number of alkyl halides is 3. The molecule has 0 unspecified atom stereocenters. The van der Waals surface area contributed by atoms with E-state index in [1.165, 1.54) is 13.2 Å². The minimum Gasteiger partial charge on any atom is -0.481 e. The van der Waals surface area contributed by atoms with Crippen molar-refractivity contribution in [3.8, 4) is 23.0 Å². The van der Waals surface area contributed by atoms with Crippen LogP contribution in [0.5, 0.6) is 5.88 Å². The fraction of sp³-hybridized carbons (Fsp3) is 0.130. The monoisotopic (exact) mass is 482 g/mol.